The van der Waals surface area contributed by atoms with Crippen LogP contribution in [0.1, 0.15) is 48.8 Å². The zero-order chi connectivity index (χ0) is 26.7. The van der Waals surface area contributed by atoms with Gasteiger partial charge in [-0.1, -0.05) is 42.5 Å². The van der Waals surface area contributed by atoms with Crippen LogP contribution < -0.4 is 4.74 Å². The van der Waals surface area contributed by atoms with Crippen LogP contribution in [0.5, 0.6) is 5.75 Å². The summed E-state index contributed by atoms with van der Waals surface area (Å²) in [5.41, 5.74) is 0.815. The van der Waals surface area contributed by atoms with Gasteiger partial charge < -0.3 is 9.64 Å². The van der Waals surface area contributed by atoms with Crippen LogP contribution in [0.4, 0.5) is 8.78 Å². The van der Waals surface area contributed by atoms with E-state index >= 15 is 0 Å². The fourth-order valence-corrected chi connectivity index (χ4v) is 5.83. The number of carbonyl (C=O) groups excluding carboxylic acids is 1. The molecule has 3 aromatic rings. The Bertz CT molecular complexity index is 1320. The van der Waals surface area contributed by atoms with Gasteiger partial charge in [0.1, 0.15) is 23.2 Å². The molecule has 0 radical (unpaired) electrons. The molecule has 5 rings (SSSR count). The first-order chi connectivity index (χ1) is 18.4. The van der Waals surface area contributed by atoms with Gasteiger partial charge in [-0.05, 0) is 98.8 Å². The Morgan fingerprint density at radius 3 is 2.37 bits per heavy atom. The smallest absolute Gasteiger partial charge is 0.265 e. The highest BCUT2D eigenvalue weighted by atomic mass is 19.1. The third kappa shape index (κ3) is 4.95. The number of rotatable bonds is 8. The summed E-state index contributed by atoms with van der Waals surface area (Å²) in [7, 11) is 1.72. The highest BCUT2D eigenvalue weighted by Crippen LogP contribution is 2.40. The topological polar surface area (TPSA) is 45.1 Å². The van der Waals surface area contributed by atoms with E-state index in [1.165, 1.54) is 29.8 Å². The van der Waals surface area contributed by atoms with E-state index in [4.69, 9.17) is 9.73 Å². The van der Waals surface area contributed by atoms with Crippen LogP contribution in [0, 0.1) is 11.6 Å². The molecule has 1 fully saturated rings. The highest BCUT2D eigenvalue weighted by Gasteiger charge is 2.50. The lowest BCUT2D eigenvalue weighted by Gasteiger charge is -2.33. The summed E-state index contributed by atoms with van der Waals surface area (Å²) in [6, 6.07) is 20.0. The Morgan fingerprint density at radius 1 is 0.921 bits per heavy atom. The van der Waals surface area contributed by atoms with E-state index in [9.17, 15) is 13.6 Å². The number of ether oxygens (including phenoxy) is 1. The van der Waals surface area contributed by atoms with Crippen molar-refractivity contribution in [1.29, 1.82) is 0 Å². The summed E-state index contributed by atoms with van der Waals surface area (Å²) >= 11 is 0. The van der Waals surface area contributed by atoms with E-state index in [1.807, 2.05) is 12.1 Å². The molecule has 38 heavy (non-hydrogen) atoms. The molecule has 2 aliphatic heterocycles. The second-order valence-electron chi connectivity index (χ2n) is 10.1. The van der Waals surface area contributed by atoms with Crippen molar-refractivity contribution >= 4 is 11.7 Å². The van der Waals surface area contributed by atoms with E-state index in [0.717, 1.165) is 44.6 Å². The Balaban J connectivity index is 1.25. The number of methoxy groups -OCH3 is 1. The number of carbonyl (C=O) groups is 1. The number of amidine groups is 1. The van der Waals surface area contributed by atoms with Crippen molar-refractivity contribution in [2.75, 3.05) is 33.3 Å². The molecule has 0 N–H and O–H groups in total. The van der Waals surface area contributed by atoms with E-state index < -0.39 is 17.2 Å². The maximum Gasteiger partial charge on any atom is 0.265 e. The second kappa shape index (κ2) is 11.0. The number of piperidine rings is 1. The molecular weight excluding hydrogens is 484 g/mol. The van der Waals surface area contributed by atoms with Crippen molar-refractivity contribution in [1.82, 2.24) is 9.80 Å². The Kier molecular flexibility index (Phi) is 7.56. The summed E-state index contributed by atoms with van der Waals surface area (Å²) in [5, 5.41) is 0. The molecule has 0 bridgehead atoms. The van der Waals surface area contributed by atoms with Gasteiger partial charge in [0, 0.05) is 6.54 Å². The van der Waals surface area contributed by atoms with Crippen molar-refractivity contribution in [3.8, 4) is 5.75 Å². The number of amides is 1. The predicted octanol–water partition coefficient (Wildman–Crippen LogP) is 5.75. The molecule has 1 amide bonds. The van der Waals surface area contributed by atoms with Gasteiger partial charge in [-0.25, -0.2) is 13.8 Å². The normalized spacial score (nSPS) is 20.6. The van der Waals surface area contributed by atoms with Gasteiger partial charge in [0.15, 0.2) is 5.54 Å². The van der Waals surface area contributed by atoms with Gasteiger partial charge in [0.2, 0.25) is 0 Å². The fraction of sp³-hybridized carbons (Fsp3) is 0.355. The first kappa shape index (κ1) is 26.0. The fourth-order valence-electron chi connectivity index (χ4n) is 5.83. The maximum absolute atomic E-state index is 14.2. The lowest BCUT2D eigenvalue weighted by Crippen LogP contribution is -2.43. The van der Waals surface area contributed by atoms with E-state index in [2.05, 4.69) is 17.0 Å². The molecule has 1 saturated heterocycles. The van der Waals surface area contributed by atoms with Gasteiger partial charge >= 0.3 is 0 Å². The molecule has 1 atom stereocenters. The third-order valence-corrected chi connectivity index (χ3v) is 7.80. The summed E-state index contributed by atoms with van der Waals surface area (Å²) in [5.74, 6) is 0.941. The average molecular weight is 518 g/mol. The van der Waals surface area contributed by atoms with E-state index in [-0.39, 0.29) is 5.91 Å². The van der Waals surface area contributed by atoms with E-state index in [0.29, 0.717) is 29.4 Å². The molecule has 2 heterocycles. The Hall–Kier alpha value is -3.58. The number of para-hydroxylation sites is 1. The zero-order valence-electron chi connectivity index (χ0n) is 21.9. The number of benzene rings is 3. The average Bonchev–Trinajstić information content (AvgIpc) is 3.19. The van der Waals surface area contributed by atoms with Crippen molar-refractivity contribution < 1.29 is 18.3 Å². The molecule has 0 spiro atoms. The Morgan fingerprint density at radius 2 is 1.66 bits per heavy atom. The van der Waals surface area contributed by atoms with Crippen LogP contribution >= 0.6 is 0 Å². The number of nitrogens with zero attached hydrogens (tertiary/aromatic N) is 3. The first-order valence-corrected chi connectivity index (χ1v) is 13.2. The van der Waals surface area contributed by atoms with Gasteiger partial charge in [0.05, 0.1) is 7.11 Å². The molecule has 0 saturated carbocycles. The lowest BCUT2D eigenvalue weighted by molar-refractivity contribution is -0.130. The van der Waals surface area contributed by atoms with Crippen LogP contribution in [0.25, 0.3) is 0 Å². The number of hydrogen-bond donors (Lipinski definition) is 0. The number of hydrogen-bond acceptors (Lipinski definition) is 4. The minimum Gasteiger partial charge on any atom is -0.496 e. The van der Waals surface area contributed by atoms with Gasteiger partial charge in [-0.3, -0.25) is 9.69 Å². The quantitative estimate of drug-likeness (QED) is 0.382. The number of likely N-dealkylation sites (tertiary alicyclic amines) is 1. The summed E-state index contributed by atoms with van der Waals surface area (Å²) in [6.45, 7) is 5.18. The molecule has 2 aliphatic rings. The van der Waals surface area contributed by atoms with Crippen molar-refractivity contribution in [2.45, 2.75) is 37.6 Å². The highest BCUT2D eigenvalue weighted by molar-refractivity contribution is 6.09. The zero-order valence-corrected chi connectivity index (χ0v) is 21.9. The molecule has 5 nitrogen and oxygen atoms in total. The molecule has 1 unspecified atom stereocenters. The maximum atomic E-state index is 14.2. The number of halogens is 2. The van der Waals surface area contributed by atoms with E-state index in [1.54, 1.807) is 43.2 Å². The Labute approximate surface area is 222 Å². The summed E-state index contributed by atoms with van der Waals surface area (Å²) in [4.78, 5) is 22.9. The standard InChI is InChI=1S/C31H33F2N3O2/c1-22-34-31(24-11-13-26(32)14-12-24,25-7-5-8-27(33)21-25)30(37)36(22)18-6-17-35-19-15-23(16-20-35)28-9-3-4-10-29(28)38-2/h3-5,7-14,21,23H,6,15-20H2,1-2H3. The molecular formula is C31H33F2N3O2. The van der Waals surface area contributed by atoms with Crippen LogP contribution in [0.15, 0.2) is 77.8 Å². The number of aliphatic imine (C=N–C) groups is 1. The SMILES string of the molecule is COc1ccccc1C1CCN(CCCN2C(=O)C(c3ccc(F)cc3)(c3cccc(F)c3)N=C2C)CC1. The lowest BCUT2D eigenvalue weighted by atomic mass is 9.82. The van der Waals surface area contributed by atoms with Gasteiger partial charge in [-0.2, -0.15) is 0 Å². The molecule has 0 aromatic heterocycles. The molecule has 198 valence electrons. The first-order valence-electron chi connectivity index (χ1n) is 13.2. The van der Waals surface area contributed by atoms with Gasteiger partial charge in [0.25, 0.3) is 5.91 Å². The predicted molar refractivity (Wildman–Crippen MR) is 144 cm³/mol. The third-order valence-electron chi connectivity index (χ3n) is 7.80. The van der Waals surface area contributed by atoms with Gasteiger partial charge in [-0.15, -0.1) is 0 Å². The molecule has 7 heteroatoms. The van der Waals surface area contributed by atoms with Crippen LogP contribution in [0.3, 0.4) is 0 Å². The molecule has 0 aliphatic carbocycles. The monoisotopic (exact) mass is 517 g/mol. The van der Waals surface area contributed by atoms with Crippen molar-refractivity contribution in [2.24, 2.45) is 4.99 Å². The van der Waals surface area contributed by atoms with Crippen molar-refractivity contribution in [3.63, 3.8) is 0 Å². The molecule has 3 aromatic carbocycles. The second-order valence-corrected chi connectivity index (χ2v) is 10.1. The largest absolute Gasteiger partial charge is 0.496 e. The minimum atomic E-state index is -1.42. The minimum absolute atomic E-state index is 0.234. The summed E-state index contributed by atoms with van der Waals surface area (Å²) < 4.78 is 33.5. The summed E-state index contributed by atoms with van der Waals surface area (Å²) in [6.07, 6.45) is 2.92. The van der Waals surface area contributed by atoms with Crippen LogP contribution in [0.2, 0.25) is 0 Å². The van der Waals surface area contributed by atoms with Crippen LogP contribution in [-0.2, 0) is 10.3 Å². The van der Waals surface area contributed by atoms with Crippen LogP contribution in [-0.4, -0.2) is 54.8 Å². The van der Waals surface area contributed by atoms with Crippen molar-refractivity contribution in [3.05, 3.63) is 101 Å².